The average Bonchev–Trinajstić information content (AvgIpc) is 2.38. The third kappa shape index (κ3) is 2.17. The molecule has 0 saturated heterocycles. The second-order valence-electron chi connectivity index (χ2n) is 5.38. The van der Waals surface area contributed by atoms with E-state index in [1.54, 1.807) is 13.2 Å². The van der Waals surface area contributed by atoms with Gasteiger partial charge in [-0.05, 0) is 18.6 Å². The van der Waals surface area contributed by atoms with Gasteiger partial charge < -0.3 is 10.1 Å². The summed E-state index contributed by atoms with van der Waals surface area (Å²) in [7, 11) is 1.64. The Balaban J connectivity index is 2.18. The van der Waals surface area contributed by atoms with E-state index in [1.165, 1.54) is 12.1 Å². The average molecular weight is 266 g/mol. The number of nitriles is 1. The van der Waals surface area contributed by atoms with Crippen LogP contribution in [0.15, 0.2) is 12.1 Å². The number of benzene rings is 1. The maximum absolute atomic E-state index is 13.8. The SMILES string of the molecule is COC1CC(Nc2ccc(C#N)c(F)c2F)C1(C)C. The van der Waals surface area contributed by atoms with Crippen molar-refractivity contribution in [2.45, 2.75) is 32.4 Å². The molecule has 1 aliphatic rings. The lowest BCUT2D eigenvalue weighted by atomic mass is 9.64. The number of anilines is 1. The number of rotatable bonds is 3. The van der Waals surface area contributed by atoms with Gasteiger partial charge in [-0.1, -0.05) is 13.8 Å². The highest BCUT2D eigenvalue weighted by Gasteiger charge is 2.48. The Labute approximate surface area is 111 Å². The third-order valence-electron chi connectivity index (χ3n) is 3.99. The summed E-state index contributed by atoms with van der Waals surface area (Å²) in [4.78, 5) is 0. The van der Waals surface area contributed by atoms with Crippen LogP contribution in [0.4, 0.5) is 14.5 Å². The Bertz CT molecular complexity index is 537. The predicted molar refractivity (Wildman–Crippen MR) is 67.7 cm³/mol. The third-order valence-corrected chi connectivity index (χ3v) is 3.99. The molecule has 102 valence electrons. The molecular weight excluding hydrogens is 250 g/mol. The van der Waals surface area contributed by atoms with Gasteiger partial charge in [0.2, 0.25) is 0 Å². The van der Waals surface area contributed by atoms with Gasteiger partial charge in [0.05, 0.1) is 17.4 Å². The molecule has 19 heavy (non-hydrogen) atoms. The molecule has 2 unspecified atom stereocenters. The van der Waals surface area contributed by atoms with E-state index in [1.807, 2.05) is 13.8 Å². The fourth-order valence-electron chi connectivity index (χ4n) is 2.47. The largest absolute Gasteiger partial charge is 0.381 e. The van der Waals surface area contributed by atoms with E-state index < -0.39 is 11.6 Å². The van der Waals surface area contributed by atoms with Crippen molar-refractivity contribution >= 4 is 5.69 Å². The molecule has 1 fully saturated rings. The number of halogens is 2. The fourth-order valence-corrected chi connectivity index (χ4v) is 2.47. The van der Waals surface area contributed by atoms with Crippen molar-refractivity contribution in [2.75, 3.05) is 12.4 Å². The van der Waals surface area contributed by atoms with Crippen LogP contribution in [-0.2, 0) is 4.74 Å². The molecule has 1 aliphatic carbocycles. The lowest BCUT2D eigenvalue weighted by Crippen LogP contribution is -2.57. The van der Waals surface area contributed by atoms with Crippen molar-refractivity contribution < 1.29 is 13.5 Å². The van der Waals surface area contributed by atoms with Crippen LogP contribution in [0.3, 0.4) is 0 Å². The van der Waals surface area contributed by atoms with E-state index in [2.05, 4.69) is 5.32 Å². The fraction of sp³-hybridized carbons (Fsp3) is 0.500. The smallest absolute Gasteiger partial charge is 0.183 e. The van der Waals surface area contributed by atoms with Crippen molar-refractivity contribution in [3.8, 4) is 6.07 Å². The Morgan fingerprint density at radius 1 is 1.37 bits per heavy atom. The second-order valence-corrected chi connectivity index (χ2v) is 5.38. The zero-order valence-corrected chi connectivity index (χ0v) is 11.1. The first-order valence-corrected chi connectivity index (χ1v) is 6.09. The molecule has 3 nitrogen and oxygen atoms in total. The highest BCUT2D eigenvalue weighted by molar-refractivity contribution is 5.51. The Morgan fingerprint density at radius 3 is 2.58 bits per heavy atom. The monoisotopic (exact) mass is 266 g/mol. The lowest BCUT2D eigenvalue weighted by molar-refractivity contribution is -0.0795. The molecule has 0 bridgehead atoms. The van der Waals surface area contributed by atoms with Crippen molar-refractivity contribution in [3.63, 3.8) is 0 Å². The van der Waals surface area contributed by atoms with E-state index in [9.17, 15) is 8.78 Å². The molecule has 0 amide bonds. The minimum absolute atomic E-state index is 0.0132. The van der Waals surface area contributed by atoms with Gasteiger partial charge in [0, 0.05) is 18.6 Å². The molecule has 0 aliphatic heterocycles. The van der Waals surface area contributed by atoms with Crippen LogP contribution in [0, 0.1) is 28.4 Å². The van der Waals surface area contributed by atoms with E-state index in [-0.39, 0.29) is 28.8 Å². The minimum Gasteiger partial charge on any atom is -0.381 e. The van der Waals surface area contributed by atoms with Crippen LogP contribution in [0.1, 0.15) is 25.8 Å². The molecule has 0 spiro atoms. The molecule has 5 heteroatoms. The van der Waals surface area contributed by atoms with Gasteiger partial charge in [-0.2, -0.15) is 5.26 Å². The van der Waals surface area contributed by atoms with Crippen LogP contribution in [0.5, 0.6) is 0 Å². The van der Waals surface area contributed by atoms with Gasteiger partial charge in [0.25, 0.3) is 0 Å². The van der Waals surface area contributed by atoms with Crippen LogP contribution < -0.4 is 5.32 Å². The first-order valence-electron chi connectivity index (χ1n) is 6.09. The summed E-state index contributed by atoms with van der Waals surface area (Å²) in [5.41, 5.74) is -0.347. The number of nitrogens with zero attached hydrogens (tertiary/aromatic N) is 1. The number of hydrogen-bond donors (Lipinski definition) is 1. The summed E-state index contributed by atoms with van der Waals surface area (Å²) in [5, 5.41) is 11.6. The maximum atomic E-state index is 13.8. The van der Waals surface area contributed by atoms with Crippen LogP contribution >= 0.6 is 0 Å². The zero-order valence-electron chi connectivity index (χ0n) is 11.1. The van der Waals surface area contributed by atoms with Crippen LogP contribution in [0.25, 0.3) is 0 Å². The molecule has 0 radical (unpaired) electrons. The summed E-state index contributed by atoms with van der Waals surface area (Å²) in [6.07, 6.45) is 0.848. The highest BCUT2D eigenvalue weighted by Crippen LogP contribution is 2.44. The molecule has 1 N–H and O–H groups in total. The van der Waals surface area contributed by atoms with Crippen LogP contribution in [0.2, 0.25) is 0 Å². The molecule has 1 saturated carbocycles. The number of methoxy groups -OCH3 is 1. The molecule has 0 aromatic heterocycles. The molecule has 2 rings (SSSR count). The molecule has 0 heterocycles. The molecule has 1 aromatic carbocycles. The molecule has 1 aromatic rings. The second kappa shape index (κ2) is 4.78. The van der Waals surface area contributed by atoms with Crippen molar-refractivity contribution in [1.82, 2.24) is 0 Å². The molecular formula is C14H16F2N2O. The Kier molecular flexibility index (Phi) is 3.46. The van der Waals surface area contributed by atoms with E-state index >= 15 is 0 Å². The number of ether oxygens (including phenoxy) is 1. The van der Waals surface area contributed by atoms with Crippen molar-refractivity contribution in [1.29, 1.82) is 5.26 Å². The maximum Gasteiger partial charge on any atom is 0.183 e. The van der Waals surface area contributed by atoms with Crippen molar-refractivity contribution in [3.05, 3.63) is 29.3 Å². The standard InChI is InChI=1S/C14H16F2N2O/c1-14(2)10(6-11(14)19-3)18-9-5-4-8(7-17)12(15)13(9)16/h4-5,10-11,18H,6H2,1-3H3. The summed E-state index contributed by atoms with van der Waals surface area (Å²) < 4.78 is 32.6. The van der Waals surface area contributed by atoms with E-state index in [0.717, 1.165) is 6.42 Å². The Hall–Kier alpha value is -1.67. The van der Waals surface area contributed by atoms with E-state index in [4.69, 9.17) is 10.00 Å². The quantitative estimate of drug-likeness (QED) is 0.914. The van der Waals surface area contributed by atoms with Gasteiger partial charge in [0.1, 0.15) is 6.07 Å². The summed E-state index contributed by atoms with van der Waals surface area (Å²) in [5.74, 6) is -2.11. The van der Waals surface area contributed by atoms with Gasteiger partial charge in [0.15, 0.2) is 11.6 Å². The van der Waals surface area contributed by atoms with Crippen molar-refractivity contribution in [2.24, 2.45) is 5.41 Å². The van der Waals surface area contributed by atoms with Gasteiger partial charge in [-0.15, -0.1) is 0 Å². The highest BCUT2D eigenvalue weighted by atomic mass is 19.2. The molecule has 2 atom stereocenters. The summed E-state index contributed by atoms with van der Waals surface area (Å²) >= 11 is 0. The Morgan fingerprint density at radius 2 is 2.05 bits per heavy atom. The van der Waals surface area contributed by atoms with Gasteiger partial charge >= 0.3 is 0 Å². The first-order chi connectivity index (χ1) is 8.91. The normalized spacial score (nSPS) is 24.4. The van der Waals surface area contributed by atoms with Gasteiger partial charge in [-0.25, -0.2) is 8.78 Å². The van der Waals surface area contributed by atoms with E-state index in [0.29, 0.717) is 0 Å². The number of hydrogen-bond acceptors (Lipinski definition) is 3. The number of nitrogens with one attached hydrogen (secondary N) is 1. The summed E-state index contributed by atoms with van der Waals surface area (Å²) in [6, 6.07) is 4.30. The van der Waals surface area contributed by atoms with Crippen LogP contribution in [-0.4, -0.2) is 19.3 Å². The zero-order chi connectivity index (χ0) is 14.2. The summed E-state index contributed by atoms with van der Waals surface area (Å²) in [6.45, 7) is 4.03. The first kappa shape index (κ1) is 13.8. The lowest BCUT2D eigenvalue weighted by Gasteiger charge is -2.51. The van der Waals surface area contributed by atoms with Gasteiger partial charge in [-0.3, -0.25) is 0 Å². The minimum atomic E-state index is -1.10. The predicted octanol–water partition coefficient (Wildman–Crippen LogP) is 3.06. The topological polar surface area (TPSA) is 45.0 Å².